The predicted molar refractivity (Wildman–Crippen MR) is 83.8 cm³/mol. The Kier molecular flexibility index (Phi) is 4.29. The lowest BCUT2D eigenvalue weighted by Crippen LogP contribution is -2.51. The third kappa shape index (κ3) is 3.46. The van der Waals surface area contributed by atoms with E-state index in [1.807, 2.05) is 19.9 Å². The Morgan fingerprint density at radius 1 is 1.29 bits per heavy atom. The van der Waals surface area contributed by atoms with E-state index in [-0.39, 0.29) is 6.10 Å². The van der Waals surface area contributed by atoms with Crippen LogP contribution in [0, 0.1) is 5.41 Å². The zero-order valence-corrected chi connectivity index (χ0v) is 13.1. The van der Waals surface area contributed by atoms with Crippen LogP contribution in [0.1, 0.15) is 39.5 Å². The van der Waals surface area contributed by atoms with Crippen LogP contribution in [0.5, 0.6) is 5.88 Å². The first-order chi connectivity index (χ1) is 10.2. The maximum atomic E-state index is 5.69. The minimum absolute atomic E-state index is 0.142. The molecule has 2 saturated heterocycles. The quantitative estimate of drug-likeness (QED) is 0.925. The zero-order chi connectivity index (χ0) is 14.7. The van der Waals surface area contributed by atoms with Crippen LogP contribution in [0.3, 0.4) is 0 Å². The molecular formula is C16H26N4O. The number of hydrogen-bond acceptors (Lipinski definition) is 5. The van der Waals surface area contributed by atoms with Crippen LogP contribution >= 0.6 is 0 Å². The number of anilines is 1. The minimum atomic E-state index is 0.142. The lowest BCUT2D eigenvalue weighted by molar-refractivity contribution is 0.172. The summed E-state index contributed by atoms with van der Waals surface area (Å²) in [5.74, 6) is 1.68. The van der Waals surface area contributed by atoms with Crippen molar-refractivity contribution in [2.24, 2.45) is 5.41 Å². The molecule has 2 fully saturated rings. The molecule has 1 unspecified atom stereocenters. The van der Waals surface area contributed by atoms with Gasteiger partial charge in [-0.1, -0.05) is 0 Å². The molecule has 5 nitrogen and oxygen atoms in total. The van der Waals surface area contributed by atoms with Crippen molar-refractivity contribution >= 4 is 5.82 Å². The molecule has 1 aromatic heterocycles. The smallest absolute Gasteiger partial charge is 0.218 e. The summed E-state index contributed by atoms with van der Waals surface area (Å²) >= 11 is 0. The summed E-state index contributed by atoms with van der Waals surface area (Å²) in [6.07, 6.45) is 6.95. The first-order valence-corrected chi connectivity index (χ1v) is 8.11. The van der Waals surface area contributed by atoms with Crippen LogP contribution < -0.4 is 15.0 Å². The first-order valence-electron chi connectivity index (χ1n) is 8.11. The van der Waals surface area contributed by atoms with Crippen molar-refractivity contribution in [3.8, 4) is 5.88 Å². The summed E-state index contributed by atoms with van der Waals surface area (Å²) in [7, 11) is 0. The normalized spacial score (nSPS) is 26.3. The highest BCUT2D eigenvalue weighted by Crippen LogP contribution is 2.37. The standard InChI is InChI=1S/C16H26N4O/c1-13(2)21-15-9-14(18-12-19-15)20-8-4-6-16(11-20)5-3-7-17-10-16/h9,12-13,17H,3-8,10-11H2,1-2H3. The summed E-state index contributed by atoms with van der Waals surface area (Å²) in [6, 6.07) is 1.98. The molecule has 116 valence electrons. The van der Waals surface area contributed by atoms with Gasteiger partial charge in [0.1, 0.15) is 12.1 Å². The minimum Gasteiger partial charge on any atom is -0.475 e. The number of nitrogens with zero attached hydrogens (tertiary/aromatic N) is 3. The number of nitrogens with one attached hydrogen (secondary N) is 1. The Morgan fingerprint density at radius 3 is 2.90 bits per heavy atom. The van der Waals surface area contributed by atoms with E-state index in [1.54, 1.807) is 6.33 Å². The molecule has 0 aromatic carbocycles. The molecule has 5 heteroatoms. The summed E-state index contributed by atoms with van der Waals surface area (Å²) < 4.78 is 5.69. The van der Waals surface area contributed by atoms with Gasteiger partial charge < -0.3 is 15.0 Å². The van der Waals surface area contributed by atoms with Crippen LogP contribution in [0.4, 0.5) is 5.82 Å². The van der Waals surface area contributed by atoms with Crippen molar-refractivity contribution < 1.29 is 4.74 Å². The molecule has 1 aromatic rings. The van der Waals surface area contributed by atoms with Crippen LogP contribution in [0.25, 0.3) is 0 Å². The number of hydrogen-bond donors (Lipinski definition) is 1. The molecule has 21 heavy (non-hydrogen) atoms. The first kappa shape index (κ1) is 14.6. The van der Waals surface area contributed by atoms with Crippen LogP contribution in [0.2, 0.25) is 0 Å². The molecule has 1 N–H and O–H groups in total. The van der Waals surface area contributed by atoms with Gasteiger partial charge in [0.25, 0.3) is 0 Å². The molecule has 3 heterocycles. The third-order valence-electron chi connectivity index (χ3n) is 4.53. The lowest BCUT2D eigenvalue weighted by Gasteiger charge is -2.45. The number of aromatic nitrogens is 2. The molecule has 2 aliphatic heterocycles. The lowest BCUT2D eigenvalue weighted by atomic mass is 9.74. The molecular weight excluding hydrogens is 264 g/mol. The van der Waals surface area contributed by atoms with Crippen molar-refractivity contribution in [2.45, 2.75) is 45.6 Å². The molecule has 0 saturated carbocycles. The molecule has 0 bridgehead atoms. The van der Waals surface area contributed by atoms with Crippen molar-refractivity contribution in [1.29, 1.82) is 0 Å². The molecule has 0 amide bonds. The number of piperidine rings is 2. The van der Waals surface area contributed by atoms with Crippen LogP contribution in [-0.4, -0.2) is 42.3 Å². The van der Waals surface area contributed by atoms with Gasteiger partial charge in [-0.15, -0.1) is 0 Å². The van der Waals surface area contributed by atoms with Crippen LogP contribution in [0.15, 0.2) is 12.4 Å². The van der Waals surface area contributed by atoms with E-state index in [1.165, 1.54) is 32.2 Å². The van der Waals surface area contributed by atoms with Gasteiger partial charge in [0.2, 0.25) is 5.88 Å². The fourth-order valence-electron chi connectivity index (χ4n) is 3.59. The Hall–Kier alpha value is -1.36. The van der Waals surface area contributed by atoms with Gasteiger partial charge in [-0.05, 0) is 46.1 Å². The molecule has 0 radical (unpaired) electrons. The van der Waals surface area contributed by atoms with E-state index >= 15 is 0 Å². The number of rotatable bonds is 3. The second-order valence-corrected chi connectivity index (χ2v) is 6.69. The largest absolute Gasteiger partial charge is 0.475 e. The van der Waals surface area contributed by atoms with Crippen LogP contribution in [-0.2, 0) is 0 Å². The summed E-state index contributed by atoms with van der Waals surface area (Å²) in [5.41, 5.74) is 0.431. The molecule has 1 atom stereocenters. The van der Waals surface area contributed by atoms with Crippen molar-refractivity contribution in [1.82, 2.24) is 15.3 Å². The summed E-state index contributed by atoms with van der Waals surface area (Å²) in [6.45, 7) is 8.53. The second-order valence-electron chi connectivity index (χ2n) is 6.69. The predicted octanol–water partition coefficient (Wildman–Crippen LogP) is 2.23. The van der Waals surface area contributed by atoms with Gasteiger partial charge in [-0.3, -0.25) is 0 Å². The van der Waals surface area contributed by atoms with Gasteiger partial charge >= 0.3 is 0 Å². The topological polar surface area (TPSA) is 50.3 Å². The number of ether oxygens (including phenoxy) is 1. The van der Waals surface area contributed by atoms with Gasteiger partial charge in [-0.2, -0.15) is 0 Å². The zero-order valence-electron chi connectivity index (χ0n) is 13.1. The maximum absolute atomic E-state index is 5.69. The molecule has 2 aliphatic rings. The average molecular weight is 290 g/mol. The fraction of sp³-hybridized carbons (Fsp3) is 0.750. The van der Waals surface area contributed by atoms with Crippen molar-refractivity contribution in [2.75, 3.05) is 31.1 Å². The van der Waals surface area contributed by atoms with Gasteiger partial charge in [0.15, 0.2) is 0 Å². The van der Waals surface area contributed by atoms with Gasteiger partial charge in [0.05, 0.1) is 6.10 Å². The summed E-state index contributed by atoms with van der Waals surface area (Å²) in [4.78, 5) is 11.1. The van der Waals surface area contributed by atoms with E-state index in [9.17, 15) is 0 Å². The molecule has 1 spiro atoms. The van der Waals surface area contributed by atoms with Gasteiger partial charge in [-0.25, -0.2) is 9.97 Å². The van der Waals surface area contributed by atoms with E-state index in [0.717, 1.165) is 25.5 Å². The highest BCUT2D eigenvalue weighted by molar-refractivity contribution is 5.41. The Morgan fingerprint density at radius 2 is 2.14 bits per heavy atom. The second kappa shape index (κ2) is 6.18. The average Bonchev–Trinajstić information content (AvgIpc) is 2.48. The Labute approximate surface area is 127 Å². The maximum Gasteiger partial charge on any atom is 0.218 e. The van der Waals surface area contributed by atoms with Crippen molar-refractivity contribution in [3.63, 3.8) is 0 Å². The Balaban J connectivity index is 1.73. The van der Waals surface area contributed by atoms with E-state index in [0.29, 0.717) is 11.3 Å². The van der Waals surface area contributed by atoms with E-state index in [2.05, 4.69) is 20.2 Å². The fourth-order valence-corrected chi connectivity index (χ4v) is 3.59. The SMILES string of the molecule is CC(C)Oc1cc(N2CCCC3(CCCNC3)C2)ncn1. The highest BCUT2D eigenvalue weighted by atomic mass is 16.5. The monoisotopic (exact) mass is 290 g/mol. The summed E-state index contributed by atoms with van der Waals surface area (Å²) in [5, 5.41) is 3.57. The Bertz CT molecular complexity index is 466. The molecule has 0 aliphatic carbocycles. The van der Waals surface area contributed by atoms with E-state index in [4.69, 9.17) is 4.74 Å². The van der Waals surface area contributed by atoms with Gasteiger partial charge in [0, 0.05) is 31.1 Å². The highest BCUT2D eigenvalue weighted by Gasteiger charge is 2.37. The van der Waals surface area contributed by atoms with E-state index < -0.39 is 0 Å². The molecule has 3 rings (SSSR count). The third-order valence-corrected chi connectivity index (χ3v) is 4.53. The van der Waals surface area contributed by atoms with Crippen molar-refractivity contribution in [3.05, 3.63) is 12.4 Å².